The summed E-state index contributed by atoms with van der Waals surface area (Å²) in [6, 6.07) is 0.118. The van der Waals surface area contributed by atoms with Crippen LogP contribution >= 0.6 is 0 Å². The quantitative estimate of drug-likeness (QED) is 0.726. The van der Waals surface area contributed by atoms with E-state index in [-0.39, 0.29) is 6.04 Å². The molecule has 1 heterocycles. The van der Waals surface area contributed by atoms with Crippen LogP contribution in [0.15, 0.2) is 0 Å². The fourth-order valence-corrected chi connectivity index (χ4v) is 4.03. The van der Waals surface area contributed by atoms with Crippen LogP contribution in [0.25, 0.3) is 0 Å². The first kappa shape index (κ1) is 10.4. The summed E-state index contributed by atoms with van der Waals surface area (Å²) in [5.74, 6) is 0.819. The van der Waals surface area contributed by atoms with Gasteiger partial charge < -0.3 is 5.32 Å². The lowest BCUT2D eigenvalue weighted by Crippen LogP contribution is -2.52. The van der Waals surface area contributed by atoms with Crippen LogP contribution in [-0.2, 0) is 10.0 Å². The molecule has 2 fully saturated rings. The van der Waals surface area contributed by atoms with E-state index in [1.807, 2.05) is 6.92 Å². The van der Waals surface area contributed by atoms with Crippen molar-refractivity contribution in [1.29, 1.82) is 0 Å². The topological polar surface area (TPSA) is 49.4 Å². The number of nitrogens with one attached hydrogen (secondary N) is 1. The molecule has 0 aromatic rings. The monoisotopic (exact) mass is 218 g/mol. The van der Waals surface area contributed by atoms with E-state index in [1.54, 1.807) is 4.31 Å². The highest BCUT2D eigenvalue weighted by Gasteiger charge is 2.34. The maximum absolute atomic E-state index is 11.9. The zero-order chi connectivity index (χ0) is 10.2. The van der Waals surface area contributed by atoms with Crippen molar-refractivity contribution in [2.45, 2.75) is 25.8 Å². The number of nitrogens with zero attached hydrogens (tertiary/aromatic N) is 1. The third-order valence-corrected chi connectivity index (χ3v) is 5.09. The second kappa shape index (κ2) is 3.79. The van der Waals surface area contributed by atoms with Crippen molar-refractivity contribution < 1.29 is 8.42 Å². The average molecular weight is 218 g/mol. The highest BCUT2D eigenvalue weighted by Crippen LogP contribution is 2.31. The Hall–Kier alpha value is -0.130. The van der Waals surface area contributed by atoms with E-state index in [9.17, 15) is 8.42 Å². The van der Waals surface area contributed by atoms with Gasteiger partial charge in [0.1, 0.15) is 0 Å². The lowest BCUT2D eigenvalue weighted by atomic mass is 10.3. The van der Waals surface area contributed by atoms with Crippen LogP contribution in [-0.4, -0.2) is 44.2 Å². The lowest BCUT2D eigenvalue weighted by molar-refractivity contribution is 0.283. The average Bonchev–Trinajstić information content (AvgIpc) is 2.88. The molecule has 0 radical (unpaired) electrons. The van der Waals surface area contributed by atoms with Gasteiger partial charge in [0.05, 0.1) is 5.75 Å². The molecule has 5 heteroatoms. The van der Waals surface area contributed by atoms with E-state index in [2.05, 4.69) is 5.32 Å². The predicted molar refractivity (Wildman–Crippen MR) is 55.5 cm³/mol. The molecule has 1 saturated carbocycles. The Morgan fingerprint density at radius 2 is 2.14 bits per heavy atom. The van der Waals surface area contributed by atoms with Crippen LogP contribution in [0.1, 0.15) is 19.8 Å². The van der Waals surface area contributed by atoms with Crippen molar-refractivity contribution in [3.05, 3.63) is 0 Å². The van der Waals surface area contributed by atoms with E-state index in [0.717, 1.165) is 25.9 Å². The summed E-state index contributed by atoms with van der Waals surface area (Å²) >= 11 is 0. The second-order valence-corrected chi connectivity index (χ2v) is 6.35. The number of sulfonamides is 1. The number of hydrogen-bond donors (Lipinski definition) is 1. The Balaban J connectivity index is 2.02. The Labute approximate surface area is 85.7 Å². The first-order chi connectivity index (χ1) is 6.59. The van der Waals surface area contributed by atoms with Crippen molar-refractivity contribution in [1.82, 2.24) is 9.62 Å². The molecule has 1 saturated heterocycles. The molecule has 14 heavy (non-hydrogen) atoms. The first-order valence-electron chi connectivity index (χ1n) is 5.30. The van der Waals surface area contributed by atoms with E-state index in [4.69, 9.17) is 0 Å². The van der Waals surface area contributed by atoms with Gasteiger partial charge in [0.15, 0.2) is 0 Å². The summed E-state index contributed by atoms with van der Waals surface area (Å²) in [5, 5.41) is 3.20. The predicted octanol–water partition coefficient (Wildman–Crippen LogP) is 0.0199. The highest BCUT2D eigenvalue weighted by atomic mass is 32.2. The molecule has 0 bridgehead atoms. The highest BCUT2D eigenvalue weighted by molar-refractivity contribution is 7.89. The van der Waals surface area contributed by atoms with Crippen LogP contribution in [0.2, 0.25) is 0 Å². The molecule has 2 aliphatic rings. The summed E-state index contributed by atoms with van der Waals surface area (Å²) in [6.07, 6.45) is 2.19. The maximum Gasteiger partial charge on any atom is 0.214 e. The summed E-state index contributed by atoms with van der Waals surface area (Å²) in [7, 11) is -2.98. The molecule has 1 unspecified atom stereocenters. The van der Waals surface area contributed by atoms with Crippen molar-refractivity contribution in [3.63, 3.8) is 0 Å². The van der Waals surface area contributed by atoms with E-state index in [1.165, 1.54) is 0 Å². The molecule has 1 N–H and O–H groups in total. The smallest absolute Gasteiger partial charge is 0.214 e. The van der Waals surface area contributed by atoms with Gasteiger partial charge in [-0.3, -0.25) is 0 Å². The molecular weight excluding hydrogens is 200 g/mol. The van der Waals surface area contributed by atoms with Gasteiger partial charge in [0.25, 0.3) is 0 Å². The van der Waals surface area contributed by atoms with Crippen LogP contribution < -0.4 is 5.32 Å². The van der Waals surface area contributed by atoms with E-state index < -0.39 is 10.0 Å². The van der Waals surface area contributed by atoms with Crippen LogP contribution in [0, 0.1) is 5.92 Å². The van der Waals surface area contributed by atoms with Crippen molar-refractivity contribution in [2.75, 3.05) is 25.4 Å². The van der Waals surface area contributed by atoms with Crippen LogP contribution in [0.3, 0.4) is 0 Å². The maximum atomic E-state index is 11.9. The van der Waals surface area contributed by atoms with Crippen LogP contribution in [0.5, 0.6) is 0 Å². The van der Waals surface area contributed by atoms with Gasteiger partial charge in [-0.1, -0.05) is 0 Å². The minimum absolute atomic E-state index is 0.118. The van der Waals surface area contributed by atoms with Crippen molar-refractivity contribution in [3.8, 4) is 0 Å². The molecule has 4 nitrogen and oxygen atoms in total. The zero-order valence-corrected chi connectivity index (χ0v) is 9.39. The zero-order valence-electron chi connectivity index (χ0n) is 8.57. The van der Waals surface area contributed by atoms with Crippen molar-refractivity contribution in [2.24, 2.45) is 5.92 Å². The third-order valence-electron chi connectivity index (χ3n) is 2.94. The summed E-state index contributed by atoms with van der Waals surface area (Å²) < 4.78 is 25.6. The van der Waals surface area contributed by atoms with Crippen molar-refractivity contribution >= 4 is 10.0 Å². The number of piperazine rings is 1. The Bertz CT molecular complexity index is 298. The fraction of sp³-hybridized carbons (Fsp3) is 1.00. The SMILES string of the molecule is CC1CNCCN1S(=O)(=O)CC1CC1. The number of hydrogen-bond acceptors (Lipinski definition) is 3. The minimum Gasteiger partial charge on any atom is -0.314 e. The van der Waals surface area contributed by atoms with E-state index in [0.29, 0.717) is 18.2 Å². The summed E-state index contributed by atoms with van der Waals surface area (Å²) in [6.45, 7) is 4.17. The molecular formula is C9H18N2O2S. The molecule has 0 spiro atoms. The minimum atomic E-state index is -2.98. The third kappa shape index (κ3) is 2.27. The molecule has 2 rings (SSSR count). The van der Waals surface area contributed by atoms with Crippen LogP contribution in [0.4, 0.5) is 0 Å². The number of rotatable bonds is 3. The van der Waals surface area contributed by atoms with Gasteiger partial charge in [-0.2, -0.15) is 4.31 Å². The normalized spacial score (nSPS) is 30.5. The van der Waals surface area contributed by atoms with Gasteiger partial charge in [-0.05, 0) is 25.7 Å². The van der Waals surface area contributed by atoms with Gasteiger partial charge in [-0.25, -0.2) is 8.42 Å². The van der Waals surface area contributed by atoms with Gasteiger partial charge in [-0.15, -0.1) is 0 Å². The van der Waals surface area contributed by atoms with Gasteiger partial charge >= 0.3 is 0 Å². The largest absolute Gasteiger partial charge is 0.314 e. The fourth-order valence-electron chi connectivity index (χ4n) is 1.91. The lowest BCUT2D eigenvalue weighted by Gasteiger charge is -2.32. The van der Waals surface area contributed by atoms with Gasteiger partial charge in [0, 0.05) is 25.7 Å². The summed E-state index contributed by atoms with van der Waals surface area (Å²) in [4.78, 5) is 0. The Morgan fingerprint density at radius 1 is 1.43 bits per heavy atom. The molecule has 1 atom stereocenters. The Kier molecular flexibility index (Phi) is 2.81. The summed E-state index contributed by atoms with van der Waals surface area (Å²) in [5.41, 5.74) is 0. The second-order valence-electron chi connectivity index (χ2n) is 4.39. The first-order valence-corrected chi connectivity index (χ1v) is 6.91. The molecule has 82 valence electrons. The standard InChI is InChI=1S/C9H18N2O2S/c1-8-6-10-4-5-11(8)14(12,13)7-9-2-3-9/h8-10H,2-7H2,1H3. The molecule has 0 aromatic heterocycles. The molecule has 0 aromatic carbocycles. The molecule has 1 aliphatic heterocycles. The molecule has 1 aliphatic carbocycles. The van der Waals surface area contributed by atoms with Gasteiger partial charge in [0.2, 0.25) is 10.0 Å². The van der Waals surface area contributed by atoms with E-state index >= 15 is 0 Å². The Morgan fingerprint density at radius 3 is 2.71 bits per heavy atom. The molecule has 0 amide bonds.